The first-order valence-electron chi connectivity index (χ1n) is 10.4. The second kappa shape index (κ2) is 8.38. The van der Waals surface area contributed by atoms with Crippen LogP contribution in [0, 0.1) is 6.92 Å². The predicted octanol–water partition coefficient (Wildman–Crippen LogP) is 2.49. The monoisotopic (exact) mass is 414 g/mol. The van der Waals surface area contributed by atoms with Crippen molar-refractivity contribution in [3.05, 3.63) is 39.7 Å². The third kappa shape index (κ3) is 3.99. The molecule has 8 nitrogen and oxygen atoms in total. The van der Waals surface area contributed by atoms with Gasteiger partial charge in [-0.25, -0.2) is 9.59 Å². The van der Waals surface area contributed by atoms with Gasteiger partial charge in [0.05, 0.1) is 11.9 Å². The summed E-state index contributed by atoms with van der Waals surface area (Å²) in [6, 6.07) is 5.26. The molecule has 0 N–H and O–H groups in total. The molecule has 8 heteroatoms. The van der Waals surface area contributed by atoms with E-state index in [1.807, 2.05) is 19.9 Å². The fraction of sp³-hybridized carbons (Fsp3) is 0.500. The van der Waals surface area contributed by atoms with Crippen LogP contribution in [0.2, 0.25) is 0 Å². The van der Waals surface area contributed by atoms with Gasteiger partial charge in [0.15, 0.2) is 6.61 Å². The van der Waals surface area contributed by atoms with Crippen molar-refractivity contribution in [2.24, 2.45) is 0 Å². The van der Waals surface area contributed by atoms with Crippen molar-refractivity contribution in [2.45, 2.75) is 39.2 Å². The number of nitrogens with zero attached hydrogens (tertiary/aromatic N) is 2. The van der Waals surface area contributed by atoms with E-state index in [1.54, 1.807) is 15.9 Å². The summed E-state index contributed by atoms with van der Waals surface area (Å²) >= 11 is 0. The van der Waals surface area contributed by atoms with Gasteiger partial charge in [-0.2, -0.15) is 0 Å². The molecule has 160 valence electrons. The maximum absolute atomic E-state index is 12.7. The summed E-state index contributed by atoms with van der Waals surface area (Å²) in [4.78, 5) is 39.8. The first-order valence-corrected chi connectivity index (χ1v) is 10.4. The van der Waals surface area contributed by atoms with Gasteiger partial charge in [0.25, 0.3) is 5.91 Å². The standard InChI is InChI=1S/C22H26N2O6/c1-3-15-12-20(26)30-18-11-14(2)10-17(21(15)18)29-13-19(25)23-6-4-16(5-7-23)24-8-9-28-22(24)27/h10-12,16H,3-9,13H2,1-2H3. The van der Waals surface area contributed by atoms with Crippen LogP contribution in [-0.4, -0.2) is 60.7 Å². The average molecular weight is 414 g/mol. The fourth-order valence-electron chi connectivity index (χ4n) is 4.26. The fourth-order valence-corrected chi connectivity index (χ4v) is 4.26. The molecule has 2 aliphatic heterocycles. The van der Waals surface area contributed by atoms with Gasteiger partial charge in [-0.05, 0) is 49.4 Å². The molecule has 0 bridgehead atoms. The number of ether oxygens (including phenoxy) is 2. The van der Waals surface area contributed by atoms with Gasteiger partial charge in [0.2, 0.25) is 0 Å². The Labute approximate surface area is 174 Å². The minimum absolute atomic E-state index is 0.0861. The molecule has 0 unspecified atom stereocenters. The molecule has 2 aliphatic rings. The highest BCUT2D eigenvalue weighted by molar-refractivity contribution is 5.88. The van der Waals surface area contributed by atoms with Crippen molar-refractivity contribution in [3.63, 3.8) is 0 Å². The summed E-state index contributed by atoms with van der Waals surface area (Å²) < 4.78 is 16.3. The number of fused-ring (bicyclic) bond motifs is 1. The van der Waals surface area contributed by atoms with Gasteiger partial charge in [-0.3, -0.25) is 4.79 Å². The minimum Gasteiger partial charge on any atom is -0.483 e. The van der Waals surface area contributed by atoms with E-state index in [0.29, 0.717) is 44.0 Å². The number of carbonyl (C=O) groups is 2. The van der Waals surface area contributed by atoms with Crippen LogP contribution >= 0.6 is 0 Å². The number of likely N-dealkylation sites (tertiary alicyclic amines) is 1. The lowest BCUT2D eigenvalue weighted by molar-refractivity contribution is -0.134. The average Bonchev–Trinajstić information content (AvgIpc) is 3.16. The summed E-state index contributed by atoms with van der Waals surface area (Å²) in [5, 5.41) is 0.738. The molecule has 1 aromatic carbocycles. The molecule has 3 heterocycles. The Morgan fingerprint density at radius 1 is 1.17 bits per heavy atom. The lowest BCUT2D eigenvalue weighted by atomic mass is 10.0. The van der Waals surface area contributed by atoms with Crippen molar-refractivity contribution < 1.29 is 23.5 Å². The molecule has 0 saturated carbocycles. The van der Waals surface area contributed by atoms with Crippen LogP contribution in [0.3, 0.4) is 0 Å². The first-order chi connectivity index (χ1) is 14.5. The van der Waals surface area contributed by atoms with Gasteiger partial charge in [0, 0.05) is 25.2 Å². The summed E-state index contributed by atoms with van der Waals surface area (Å²) in [7, 11) is 0. The Bertz CT molecular complexity index is 1020. The van der Waals surface area contributed by atoms with Crippen molar-refractivity contribution in [1.29, 1.82) is 0 Å². The topological polar surface area (TPSA) is 89.3 Å². The molecular formula is C22H26N2O6. The maximum Gasteiger partial charge on any atom is 0.410 e. The van der Waals surface area contributed by atoms with E-state index >= 15 is 0 Å². The highest BCUT2D eigenvalue weighted by Crippen LogP contribution is 2.30. The zero-order valence-corrected chi connectivity index (χ0v) is 17.3. The minimum atomic E-state index is -0.392. The summed E-state index contributed by atoms with van der Waals surface area (Å²) in [6.45, 7) is 6.00. The highest BCUT2D eigenvalue weighted by atomic mass is 16.6. The number of hydrogen-bond acceptors (Lipinski definition) is 6. The molecule has 4 rings (SSSR count). The van der Waals surface area contributed by atoms with Crippen LogP contribution in [0.1, 0.15) is 30.9 Å². The first kappa shape index (κ1) is 20.3. The lowest BCUT2D eigenvalue weighted by Crippen LogP contribution is -2.48. The molecule has 0 spiro atoms. The molecule has 0 radical (unpaired) electrons. The van der Waals surface area contributed by atoms with E-state index in [2.05, 4.69) is 0 Å². The maximum atomic E-state index is 12.7. The number of hydrogen-bond donors (Lipinski definition) is 0. The van der Waals surface area contributed by atoms with Crippen LogP contribution in [0.25, 0.3) is 11.0 Å². The van der Waals surface area contributed by atoms with E-state index in [4.69, 9.17) is 13.9 Å². The second-order valence-electron chi connectivity index (χ2n) is 7.79. The quantitative estimate of drug-likeness (QED) is 0.699. The number of rotatable bonds is 5. The molecule has 1 aromatic heterocycles. The van der Waals surface area contributed by atoms with Crippen LogP contribution < -0.4 is 10.4 Å². The van der Waals surface area contributed by atoms with Gasteiger partial charge in [0.1, 0.15) is 17.9 Å². The normalized spacial score (nSPS) is 17.5. The zero-order valence-electron chi connectivity index (χ0n) is 17.3. The SMILES string of the molecule is CCc1cc(=O)oc2cc(C)cc(OCC(=O)N3CCC(N4CCOC4=O)CC3)c12. The van der Waals surface area contributed by atoms with Gasteiger partial charge >= 0.3 is 11.7 Å². The van der Waals surface area contributed by atoms with E-state index in [-0.39, 0.29) is 24.6 Å². The van der Waals surface area contributed by atoms with Gasteiger partial charge in [-0.1, -0.05) is 6.92 Å². The van der Waals surface area contributed by atoms with Crippen LogP contribution in [0.15, 0.2) is 27.4 Å². The van der Waals surface area contributed by atoms with Crippen molar-refractivity contribution >= 4 is 23.0 Å². The van der Waals surface area contributed by atoms with E-state index < -0.39 is 5.63 Å². The van der Waals surface area contributed by atoms with Crippen molar-refractivity contribution in [3.8, 4) is 5.75 Å². The smallest absolute Gasteiger partial charge is 0.410 e. The second-order valence-corrected chi connectivity index (χ2v) is 7.79. The largest absolute Gasteiger partial charge is 0.483 e. The predicted molar refractivity (Wildman–Crippen MR) is 110 cm³/mol. The molecule has 0 aliphatic carbocycles. The van der Waals surface area contributed by atoms with E-state index in [9.17, 15) is 14.4 Å². The van der Waals surface area contributed by atoms with Crippen molar-refractivity contribution in [2.75, 3.05) is 32.8 Å². The van der Waals surface area contributed by atoms with Crippen LogP contribution in [0.4, 0.5) is 4.79 Å². The number of aryl methyl sites for hydroxylation is 2. The number of cyclic esters (lactones) is 1. The molecular weight excluding hydrogens is 388 g/mol. The Kier molecular flexibility index (Phi) is 5.65. The van der Waals surface area contributed by atoms with Gasteiger partial charge < -0.3 is 23.7 Å². The molecule has 2 amide bonds. The van der Waals surface area contributed by atoms with Crippen LogP contribution in [0.5, 0.6) is 5.75 Å². The lowest BCUT2D eigenvalue weighted by Gasteiger charge is -2.35. The molecule has 2 saturated heterocycles. The number of amides is 2. The third-order valence-electron chi connectivity index (χ3n) is 5.82. The summed E-state index contributed by atoms with van der Waals surface area (Å²) in [6.07, 6.45) is 1.87. The van der Waals surface area contributed by atoms with E-state index in [1.165, 1.54) is 6.07 Å². The summed E-state index contributed by atoms with van der Waals surface area (Å²) in [5.41, 5.74) is 1.80. The van der Waals surface area contributed by atoms with E-state index in [0.717, 1.165) is 29.4 Å². The Morgan fingerprint density at radius 2 is 1.93 bits per heavy atom. The summed E-state index contributed by atoms with van der Waals surface area (Å²) in [5.74, 6) is 0.455. The Balaban J connectivity index is 1.42. The van der Waals surface area contributed by atoms with Gasteiger partial charge in [-0.15, -0.1) is 0 Å². The van der Waals surface area contributed by atoms with Crippen molar-refractivity contribution in [1.82, 2.24) is 9.80 Å². The molecule has 2 fully saturated rings. The highest BCUT2D eigenvalue weighted by Gasteiger charge is 2.33. The number of piperidine rings is 1. The van der Waals surface area contributed by atoms with Crippen LogP contribution in [-0.2, 0) is 16.0 Å². The Hall–Kier alpha value is -3.03. The molecule has 0 atom stereocenters. The Morgan fingerprint density at radius 3 is 2.60 bits per heavy atom. The third-order valence-corrected chi connectivity index (χ3v) is 5.82. The number of carbonyl (C=O) groups excluding carboxylic acids is 2. The zero-order chi connectivity index (χ0) is 21.3. The number of benzene rings is 1. The molecule has 2 aromatic rings. The molecule has 30 heavy (non-hydrogen) atoms.